The highest BCUT2D eigenvalue weighted by Gasteiger charge is 2.51. The number of hydrogen-bond donors (Lipinski definition) is 9. The Hall–Kier alpha value is -1.79. The third-order valence-electron chi connectivity index (χ3n) is 18.1. The zero-order valence-electron chi connectivity index (χ0n) is 55.8. The molecule has 14 heteroatoms. The number of rotatable bonds is 61. The number of carbonyl (C=O) groups excluding carboxylic acids is 1. The maximum atomic E-state index is 13.3. The summed E-state index contributed by atoms with van der Waals surface area (Å²) < 4.78 is 22.9. The summed E-state index contributed by atoms with van der Waals surface area (Å²) in [6, 6.07) is -0.826. The number of hydrogen-bond acceptors (Lipinski definition) is 13. The average molecular weight is 1240 g/mol. The van der Waals surface area contributed by atoms with Gasteiger partial charge in [0.25, 0.3) is 0 Å². The van der Waals surface area contributed by atoms with Gasteiger partial charge < -0.3 is 65.1 Å². The molecule has 0 aliphatic carbocycles. The molecule has 2 saturated heterocycles. The van der Waals surface area contributed by atoms with Crippen LogP contribution < -0.4 is 5.32 Å². The van der Waals surface area contributed by atoms with Gasteiger partial charge in [-0.1, -0.05) is 307 Å². The van der Waals surface area contributed by atoms with E-state index in [0.717, 1.165) is 64.2 Å². The van der Waals surface area contributed by atoms with Crippen molar-refractivity contribution in [1.82, 2.24) is 5.32 Å². The molecule has 2 aliphatic rings. The van der Waals surface area contributed by atoms with Gasteiger partial charge in [0.2, 0.25) is 5.91 Å². The Bertz CT molecular complexity index is 1600. The predicted molar refractivity (Wildman–Crippen MR) is 355 cm³/mol. The van der Waals surface area contributed by atoms with E-state index < -0.39 is 86.8 Å². The summed E-state index contributed by atoms with van der Waals surface area (Å²) in [5, 5.41) is 87.5. The molecule has 87 heavy (non-hydrogen) atoms. The van der Waals surface area contributed by atoms with Crippen LogP contribution >= 0.6 is 0 Å². The van der Waals surface area contributed by atoms with Crippen molar-refractivity contribution in [2.75, 3.05) is 19.8 Å². The highest BCUT2D eigenvalue weighted by Crippen LogP contribution is 2.30. The molecule has 0 aromatic rings. The Morgan fingerprint density at radius 1 is 0.414 bits per heavy atom. The lowest BCUT2D eigenvalue weighted by atomic mass is 9.97. The molecule has 12 unspecified atom stereocenters. The summed E-state index contributed by atoms with van der Waals surface area (Å²) in [6.07, 6.45) is 57.6. The van der Waals surface area contributed by atoms with Crippen LogP contribution in [0.3, 0.4) is 0 Å². The summed E-state index contributed by atoms with van der Waals surface area (Å²) in [5.74, 6) is -0.201. The smallest absolute Gasteiger partial charge is 0.220 e. The van der Waals surface area contributed by atoms with Crippen molar-refractivity contribution in [3.63, 3.8) is 0 Å². The Kier molecular flexibility index (Phi) is 54.3. The van der Waals surface area contributed by atoms with Gasteiger partial charge in [0, 0.05) is 6.42 Å². The Labute approximate surface area is 531 Å². The van der Waals surface area contributed by atoms with E-state index in [4.69, 9.17) is 18.9 Å². The summed E-state index contributed by atoms with van der Waals surface area (Å²) in [4.78, 5) is 13.3. The summed E-state index contributed by atoms with van der Waals surface area (Å²) in [7, 11) is 0. The van der Waals surface area contributed by atoms with Crippen LogP contribution in [0.1, 0.15) is 328 Å². The number of ether oxygens (including phenoxy) is 4. The first kappa shape index (κ1) is 81.3. The van der Waals surface area contributed by atoms with Crippen LogP contribution in [0.2, 0.25) is 0 Å². The molecule has 2 fully saturated rings. The second kappa shape index (κ2) is 58.1. The van der Waals surface area contributed by atoms with E-state index in [0.29, 0.717) is 12.8 Å². The highest BCUT2D eigenvalue weighted by molar-refractivity contribution is 5.76. The Morgan fingerprint density at radius 3 is 1.16 bits per heavy atom. The normalized spacial score (nSPS) is 23.4. The van der Waals surface area contributed by atoms with Gasteiger partial charge in [0.05, 0.1) is 32.0 Å². The number of unbranched alkanes of at least 4 members (excludes halogenated alkanes) is 42. The lowest BCUT2D eigenvalue weighted by Crippen LogP contribution is -2.65. The summed E-state index contributed by atoms with van der Waals surface area (Å²) in [5.41, 5.74) is 0. The van der Waals surface area contributed by atoms with Crippen LogP contribution in [0.25, 0.3) is 0 Å². The molecule has 2 aliphatic heterocycles. The van der Waals surface area contributed by atoms with E-state index >= 15 is 0 Å². The van der Waals surface area contributed by atoms with Crippen molar-refractivity contribution in [2.24, 2.45) is 0 Å². The van der Waals surface area contributed by atoms with E-state index in [9.17, 15) is 45.6 Å². The lowest BCUT2D eigenvalue weighted by molar-refractivity contribution is -0.359. The Morgan fingerprint density at radius 2 is 0.759 bits per heavy atom. The van der Waals surface area contributed by atoms with E-state index in [1.807, 2.05) is 0 Å². The van der Waals surface area contributed by atoms with Crippen molar-refractivity contribution in [1.29, 1.82) is 0 Å². The Balaban J connectivity index is 1.54. The van der Waals surface area contributed by atoms with Crippen molar-refractivity contribution >= 4 is 5.91 Å². The lowest BCUT2D eigenvalue weighted by Gasteiger charge is -2.46. The average Bonchev–Trinajstić information content (AvgIpc) is 2.05. The number of carbonyl (C=O) groups is 1. The van der Waals surface area contributed by atoms with Gasteiger partial charge in [-0.3, -0.25) is 4.79 Å². The van der Waals surface area contributed by atoms with E-state index in [1.165, 1.54) is 238 Å². The van der Waals surface area contributed by atoms with E-state index in [-0.39, 0.29) is 12.5 Å². The zero-order valence-corrected chi connectivity index (χ0v) is 55.8. The first-order valence-corrected chi connectivity index (χ1v) is 36.7. The maximum Gasteiger partial charge on any atom is 0.220 e. The quantitative estimate of drug-likeness (QED) is 0.0204. The van der Waals surface area contributed by atoms with Gasteiger partial charge in [-0.2, -0.15) is 0 Å². The fourth-order valence-corrected chi connectivity index (χ4v) is 12.2. The van der Waals surface area contributed by atoms with Gasteiger partial charge in [-0.25, -0.2) is 0 Å². The molecule has 512 valence electrons. The van der Waals surface area contributed by atoms with Crippen molar-refractivity contribution in [2.45, 2.75) is 402 Å². The molecule has 9 N–H and O–H groups in total. The first-order valence-electron chi connectivity index (χ1n) is 36.7. The van der Waals surface area contributed by atoms with Gasteiger partial charge in [-0.05, 0) is 51.4 Å². The fourth-order valence-electron chi connectivity index (χ4n) is 12.2. The number of nitrogens with one attached hydrogen (secondary N) is 1. The fraction of sp³-hybridized carbons (Fsp3) is 0.904. The molecular weight excluding hydrogens is 1100 g/mol. The van der Waals surface area contributed by atoms with Crippen LogP contribution in [0.5, 0.6) is 0 Å². The molecular formula is C73H137NO13. The van der Waals surface area contributed by atoms with Gasteiger partial charge in [0.1, 0.15) is 48.8 Å². The minimum atomic E-state index is -1.78. The third kappa shape index (κ3) is 42.1. The molecule has 2 heterocycles. The number of aliphatic hydroxyl groups is 8. The molecule has 0 aromatic carbocycles. The molecule has 0 bridgehead atoms. The second-order valence-corrected chi connectivity index (χ2v) is 26.1. The maximum absolute atomic E-state index is 13.3. The van der Waals surface area contributed by atoms with Crippen molar-refractivity contribution in [3.05, 3.63) is 36.5 Å². The topological polar surface area (TPSA) is 228 Å². The highest BCUT2D eigenvalue weighted by atomic mass is 16.7. The van der Waals surface area contributed by atoms with Crippen LogP contribution in [0.15, 0.2) is 36.5 Å². The molecule has 0 aromatic heterocycles. The number of allylic oxidation sites excluding steroid dienone is 6. The largest absolute Gasteiger partial charge is 0.394 e. The number of aliphatic hydroxyl groups excluding tert-OH is 8. The summed E-state index contributed by atoms with van der Waals surface area (Å²) >= 11 is 0. The van der Waals surface area contributed by atoms with Crippen molar-refractivity contribution < 1.29 is 64.6 Å². The molecule has 1 amide bonds. The van der Waals surface area contributed by atoms with Crippen LogP contribution in [0, 0.1) is 0 Å². The van der Waals surface area contributed by atoms with Crippen LogP contribution in [0.4, 0.5) is 0 Å². The monoisotopic (exact) mass is 1240 g/mol. The standard InChI is InChI=1S/C73H137NO13/c1-3-5-7-9-11-13-15-17-19-20-21-22-23-24-25-26-27-28-29-30-31-32-33-34-35-36-37-38-39-40-41-42-43-45-47-49-51-53-55-57-65(78)74-61(62(77)56-54-52-50-48-46-44-18-16-14-12-10-8-6-4-2)60-84-72-70(83)68(81)71(64(59-76)86-72)87-73-69(82)67(80)66(79)63(58-75)85-73/h15,17,20-21,23-24,61-64,66-73,75-77,79-83H,3-14,16,18-19,22,25-60H2,1-2H3,(H,74,78)/b17-15-,21-20-,24-23-. The minimum Gasteiger partial charge on any atom is -0.394 e. The SMILES string of the molecule is CCCCCCC/C=C\C/C=C\C/C=C\CCCCCCCCCCCCCCCCCCCCCCCCCCC(=O)NC(COC1OC(CO)C(OC2OC(CO)C(O)C(O)C2O)C(O)C1O)C(O)CCCCCCCCCCCCCCCC. The van der Waals surface area contributed by atoms with Gasteiger partial charge in [-0.15, -0.1) is 0 Å². The molecule has 12 atom stereocenters. The van der Waals surface area contributed by atoms with E-state index in [1.54, 1.807) is 0 Å². The minimum absolute atomic E-state index is 0.201. The summed E-state index contributed by atoms with van der Waals surface area (Å²) in [6.45, 7) is 2.88. The second-order valence-electron chi connectivity index (χ2n) is 26.1. The first-order chi connectivity index (χ1) is 42.6. The molecule has 0 saturated carbocycles. The van der Waals surface area contributed by atoms with E-state index in [2.05, 4.69) is 55.6 Å². The van der Waals surface area contributed by atoms with Crippen LogP contribution in [-0.4, -0.2) is 140 Å². The molecule has 14 nitrogen and oxygen atoms in total. The molecule has 2 rings (SSSR count). The zero-order chi connectivity index (χ0) is 63.1. The van der Waals surface area contributed by atoms with Gasteiger partial charge >= 0.3 is 0 Å². The predicted octanol–water partition coefficient (Wildman–Crippen LogP) is 15.3. The third-order valence-corrected chi connectivity index (χ3v) is 18.1. The molecule has 0 spiro atoms. The van der Waals surface area contributed by atoms with Gasteiger partial charge in [0.15, 0.2) is 12.6 Å². The van der Waals surface area contributed by atoms with Crippen molar-refractivity contribution in [3.8, 4) is 0 Å². The molecule has 0 radical (unpaired) electrons. The number of amides is 1. The van der Waals surface area contributed by atoms with Crippen LogP contribution in [-0.2, 0) is 23.7 Å².